The predicted octanol–water partition coefficient (Wildman–Crippen LogP) is 1.63. The van der Waals surface area contributed by atoms with Gasteiger partial charge in [-0.2, -0.15) is 0 Å². The molecule has 0 radical (unpaired) electrons. The molecule has 35 heavy (non-hydrogen) atoms. The summed E-state index contributed by atoms with van der Waals surface area (Å²) in [6, 6.07) is 2.39. The van der Waals surface area contributed by atoms with E-state index in [0.717, 1.165) is 22.9 Å². The van der Waals surface area contributed by atoms with E-state index in [9.17, 15) is 31.5 Å². The van der Waals surface area contributed by atoms with E-state index in [2.05, 4.69) is 36.0 Å². The number of nitrogens with one attached hydrogen (secondary N) is 2. The third-order valence-electron chi connectivity index (χ3n) is 4.52. The summed E-state index contributed by atoms with van der Waals surface area (Å²) in [7, 11) is 1.44. The first-order chi connectivity index (χ1) is 16.5. The van der Waals surface area contributed by atoms with Gasteiger partial charge in [0.1, 0.15) is 17.7 Å². The number of carbonyl (C=O) groups is 2. The van der Waals surface area contributed by atoms with Crippen molar-refractivity contribution in [3.05, 3.63) is 53.4 Å². The molecule has 2 aromatic heterocycles. The lowest BCUT2D eigenvalue weighted by Crippen LogP contribution is -2.24. The van der Waals surface area contributed by atoms with Crippen LogP contribution in [0, 0.1) is 5.82 Å². The lowest BCUT2D eigenvalue weighted by Gasteiger charge is -2.11. The lowest BCUT2D eigenvalue weighted by atomic mass is 10.2. The molecule has 3 rings (SSSR count). The Hall–Kier alpha value is -4.11. The van der Waals surface area contributed by atoms with Gasteiger partial charge in [-0.15, -0.1) is 23.4 Å². The summed E-state index contributed by atoms with van der Waals surface area (Å²) < 4.78 is 71.3. The molecular formula is C19H19F5N8O3. The molecule has 0 aliphatic rings. The standard InChI is InChI=1S/C19H19F5N8O3/c1-25-17(33)15-9-31(29-27-15)5-4-12(20)8-32-10-16(28-30-32)18(34)26-7-11-6-13(2-3-14(11)21)35-19(22,23)24/h2-3,6,9-10,12H,4-5,7-8H2,1H3,(H,25,33)(H,26,34). The lowest BCUT2D eigenvalue weighted by molar-refractivity contribution is -0.274. The van der Waals surface area contributed by atoms with Crippen molar-refractivity contribution in [1.29, 1.82) is 0 Å². The van der Waals surface area contributed by atoms with E-state index < -0.39 is 42.5 Å². The summed E-state index contributed by atoms with van der Waals surface area (Å²) in [5, 5.41) is 19.4. The van der Waals surface area contributed by atoms with Gasteiger partial charge in [-0.1, -0.05) is 10.4 Å². The molecule has 1 aromatic carbocycles. The van der Waals surface area contributed by atoms with E-state index in [-0.39, 0.29) is 36.5 Å². The third kappa shape index (κ3) is 7.44. The topological polar surface area (TPSA) is 129 Å². The second-order valence-corrected chi connectivity index (χ2v) is 7.14. The van der Waals surface area contributed by atoms with Gasteiger partial charge in [-0.25, -0.2) is 13.5 Å². The van der Waals surface area contributed by atoms with E-state index in [1.165, 1.54) is 24.1 Å². The molecule has 0 aliphatic heterocycles. The smallest absolute Gasteiger partial charge is 0.406 e. The fraction of sp³-hybridized carbons (Fsp3) is 0.368. The van der Waals surface area contributed by atoms with Crippen LogP contribution in [0.2, 0.25) is 0 Å². The van der Waals surface area contributed by atoms with Crippen molar-refractivity contribution in [3.63, 3.8) is 0 Å². The zero-order chi connectivity index (χ0) is 25.6. The zero-order valence-corrected chi connectivity index (χ0v) is 18.1. The number of rotatable bonds is 10. The van der Waals surface area contributed by atoms with E-state index in [1.807, 2.05) is 0 Å². The summed E-state index contributed by atoms with van der Waals surface area (Å²) in [5.41, 5.74) is -0.356. The molecule has 0 saturated carbocycles. The van der Waals surface area contributed by atoms with Crippen molar-refractivity contribution in [2.45, 2.75) is 38.6 Å². The Morgan fingerprint density at radius 2 is 1.74 bits per heavy atom. The molecule has 1 atom stereocenters. The van der Waals surface area contributed by atoms with Crippen LogP contribution in [0.3, 0.4) is 0 Å². The predicted molar refractivity (Wildman–Crippen MR) is 107 cm³/mol. The molecule has 188 valence electrons. The van der Waals surface area contributed by atoms with Crippen molar-refractivity contribution in [3.8, 4) is 5.75 Å². The number of benzene rings is 1. The summed E-state index contributed by atoms with van der Waals surface area (Å²) in [6.45, 7) is -0.549. The van der Waals surface area contributed by atoms with Gasteiger partial charge in [0, 0.05) is 32.1 Å². The van der Waals surface area contributed by atoms with E-state index in [1.54, 1.807) is 0 Å². The highest BCUT2D eigenvalue weighted by molar-refractivity contribution is 5.92. The van der Waals surface area contributed by atoms with Crippen LogP contribution in [-0.2, 0) is 19.6 Å². The second kappa shape index (κ2) is 10.9. The summed E-state index contributed by atoms with van der Waals surface area (Å²) in [5.74, 6) is -2.71. The quantitative estimate of drug-likeness (QED) is 0.403. The van der Waals surface area contributed by atoms with Crippen LogP contribution in [0.15, 0.2) is 30.6 Å². The van der Waals surface area contributed by atoms with E-state index >= 15 is 0 Å². The van der Waals surface area contributed by atoms with Gasteiger partial charge in [0.25, 0.3) is 11.8 Å². The number of aromatic nitrogens is 6. The Morgan fingerprint density at radius 1 is 1.09 bits per heavy atom. The summed E-state index contributed by atoms with van der Waals surface area (Å²) in [6.07, 6.45) is -3.80. The largest absolute Gasteiger partial charge is 0.573 e. The van der Waals surface area contributed by atoms with Gasteiger partial charge >= 0.3 is 6.36 Å². The number of hydrogen-bond donors (Lipinski definition) is 2. The number of carbonyl (C=O) groups excluding carboxylic acids is 2. The third-order valence-corrected chi connectivity index (χ3v) is 4.52. The highest BCUT2D eigenvalue weighted by atomic mass is 19.4. The Labute approximate surface area is 194 Å². The van der Waals surface area contributed by atoms with Crippen LogP contribution in [0.1, 0.15) is 33.0 Å². The molecular weight excluding hydrogens is 483 g/mol. The fourth-order valence-electron chi connectivity index (χ4n) is 2.85. The molecule has 0 aliphatic carbocycles. The maximum absolute atomic E-state index is 14.3. The van der Waals surface area contributed by atoms with Crippen molar-refractivity contribution >= 4 is 11.8 Å². The number of aryl methyl sites for hydroxylation is 1. The first kappa shape index (κ1) is 25.5. The van der Waals surface area contributed by atoms with Gasteiger partial charge in [0.05, 0.1) is 18.9 Å². The minimum absolute atomic E-state index is 0.00749. The number of amides is 2. The number of nitrogens with zero attached hydrogens (tertiary/aromatic N) is 6. The Bertz CT molecular complexity index is 1180. The monoisotopic (exact) mass is 502 g/mol. The molecule has 0 fully saturated rings. The van der Waals surface area contributed by atoms with Gasteiger partial charge in [0.2, 0.25) is 0 Å². The maximum atomic E-state index is 14.3. The summed E-state index contributed by atoms with van der Waals surface area (Å²) in [4.78, 5) is 23.7. The van der Waals surface area contributed by atoms with E-state index in [4.69, 9.17) is 0 Å². The van der Waals surface area contributed by atoms with Crippen molar-refractivity contribution in [2.24, 2.45) is 0 Å². The van der Waals surface area contributed by atoms with E-state index in [0.29, 0.717) is 0 Å². The van der Waals surface area contributed by atoms with Crippen LogP contribution < -0.4 is 15.4 Å². The van der Waals surface area contributed by atoms with Crippen LogP contribution in [0.4, 0.5) is 22.0 Å². The SMILES string of the molecule is CNC(=O)c1cn(CCC(F)Cn2cc(C(=O)NCc3cc(OC(F)(F)F)ccc3F)nn2)nn1. The van der Waals surface area contributed by atoms with Crippen LogP contribution in [0.5, 0.6) is 5.75 Å². The number of hydrogen-bond acceptors (Lipinski definition) is 7. The minimum Gasteiger partial charge on any atom is -0.406 e. The highest BCUT2D eigenvalue weighted by Gasteiger charge is 2.31. The molecule has 0 bridgehead atoms. The minimum atomic E-state index is -4.95. The molecule has 1 unspecified atom stereocenters. The van der Waals surface area contributed by atoms with Crippen molar-refractivity contribution in [2.75, 3.05) is 7.05 Å². The molecule has 0 saturated heterocycles. The number of halogens is 5. The molecule has 2 heterocycles. The Balaban J connectivity index is 1.50. The average Bonchev–Trinajstić information content (AvgIpc) is 3.46. The molecule has 2 amide bonds. The van der Waals surface area contributed by atoms with Gasteiger partial charge in [-0.05, 0) is 18.2 Å². The fourth-order valence-corrected chi connectivity index (χ4v) is 2.85. The first-order valence-electron chi connectivity index (χ1n) is 10.0. The zero-order valence-electron chi connectivity index (χ0n) is 18.1. The number of ether oxygens (including phenoxy) is 1. The molecule has 11 nitrogen and oxygen atoms in total. The van der Waals surface area contributed by atoms with Crippen molar-refractivity contribution < 1.29 is 36.3 Å². The molecule has 3 aromatic rings. The van der Waals surface area contributed by atoms with Gasteiger partial charge in [-0.3, -0.25) is 14.3 Å². The molecule has 0 spiro atoms. The van der Waals surface area contributed by atoms with Gasteiger partial charge in [0.15, 0.2) is 11.4 Å². The van der Waals surface area contributed by atoms with Crippen LogP contribution in [-0.4, -0.2) is 61.4 Å². The van der Waals surface area contributed by atoms with Crippen LogP contribution in [0.25, 0.3) is 0 Å². The van der Waals surface area contributed by atoms with Crippen LogP contribution >= 0.6 is 0 Å². The normalized spacial score (nSPS) is 12.3. The molecule has 16 heteroatoms. The summed E-state index contributed by atoms with van der Waals surface area (Å²) >= 11 is 0. The van der Waals surface area contributed by atoms with Gasteiger partial charge < -0.3 is 15.4 Å². The number of alkyl halides is 4. The maximum Gasteiger partial charge on any atom is 0.573 e. The average molecular weight is 502 g/mol. The highest BCUT2D eigenvalue weighted by Crippen LogP contribution is 2.24. The first-order valence-corrected chi connectivity index (χ1v) is 10.0. The second-order valence-electron chi connectivity index (χ2n) is 7.14. The Kier molecular flexibility index (Phi) is 7.93. The van der Waals surface area contributed by atoms with Crippen molar-refractivity contribution in [1.82, 2.24) is 40.6 Å². The molecule has 2 N–H and O–H groups in total. The Morgan fingerprint density at radius 3 is 2.43 bits per heavy atom.